The first-order chi connectivity index (χ1) is 23.8. The number of rotatable bonds is 12. The molecule has 0 amide bonds. The van der Waals surface area contributed by atoms with E-state index in [-0.39, 0.29) is 25.7 Å². The predicted molar refractivity (Wildman–Crippen MR) is 176 cm³/mol. The van der Waals surface area contributed by atoms with Crippen LogP contribution in [0.3, 0.4) is 0 Å². The number of ether oxygens (including phenoxy) is 2. The van der Waals surface area contributed by atoms with Crippen molar-refractivity contribution in [3.8, 4) is 11.5 Å². The molecule has 4 aromatic carbocycles. The Bertz CT molecular complexity index is 1860. The summed E-state index contributed by atoms with van der Waals surface area (Å²) in [5, 5.41) is 0. The van der Waals surface area contributed by atoms with E-state index >= 15 is 17.6 Å². The minimum absolute atomic E-state index is 0.0756. The summed E-state index contributed by atoms with van der Waals surface area (Å²) in [5.41, 5.74) is 1.75. The first-order valence-corrected chi connectivity index (χ1v) is 19.1. The van der Waals surface area contributed by atoms with Gasteiger partial charge in [-0.15, -0.1) is 0 Å². The van der Waals surface area contributed by atoms with Gasteiger partial charge >= 0.3 is 286 Å². The predicted octanol–water partition coefficient (Wildman–Crippen LogP) is 8.11. The molecule has 248 valence electrons. The van der Waals surface area contributed by atoms with Gasteiger partial charge in [-0.3, -0.25) is 0 Å². The van der Waals surface area contributed by atoms with Crippen LogP contribution in [0.25, 0.3) is 0 Å². The van der Waals surface area contributed by atoms with Crippen LogP contribution in [0.2, 0.25) is 0 Å². The van der Waals surface area contributed by atoms with Gasteiger partial charge in [-0.05, 0) is 0 Å². The topological polar surface area (TPSA) is 52.6 Å². The minimum atomic E-state index is -5.25. The summed E-state index contributed by atoms with van der Waals surface area (Å²) < 4.78 is 77.1. The van der Waals surface area contributed by atoms with E-state index in [1.165, 1.54) is 0 Å². The van der Waals surface area contributed by atoms with Gasteiger partial charge in [-0.25, -0.2) is 0 Å². The number of halogens is 4. The summed E-state index contributed by atoms with van der Waals surface area (Å²) in [6.07, 6.45) is 11.1. The van der Waals surface area contributed by atoms with Gasteiger partial charge in [0.25, 0.3) is 0 Å². The summed E-state index contributed by atoms with van der Waals surface area (Å²) >= 11 is -5.25. The molecule has 2 aliphatic rings. The van der Waals surface area contributed by atoms with Crippen LogP contribution in [-0.2, 0) is 39.0 Å². The van der Waals surface area contributed by atoms with Crippen LogP contribution in [-0.4, -0.2) is 11.9 Å². The molecule has 0 saturated heterocycles. The van der Waals surface area contributed by atoms with E-state index in [9.17, 15) is 9.59 Å². The number of carbonyl (C=O) groups excluding carboxylic acids is 2. The van der Waals surface area contributed by atoms with Crippen LogP contribution < -0.4 is 17.2 Å². The number of aryl methyl sites for hydroxylation is 2. The molecule has 4 aromatic rings. The van der Waals surface area contributed by atoms with Crippen molar-refractivity contribution in [2.24, 2.45) is 0 Å². The van der Waals surface area contributed by atoms with Gasteiger partial charge in [0, 0.05) is 0 Å². The summed E-state index contributed by atoms with van der Waals surface area (Å²) in [6.45, 7) is 0. The Kier molecular flexibility index (Phi) is 10.6. The van der Waals surface area contributed by atoms with Crippen LogP contribution in [0.1, 0.15) is 36.8 Å². The van der Waals surface area contributed by atoms with E-state index < -0.39 is 71.0 Å². The zero-order valence-corrected chi connectivity index (χ0v) is 28.0. The van der Waals surface area contributed by atoms with Crippen molar-refractivity contribution < 1.29 is 53.2 Å². The fraction of sp³-hybridized carbons (Fsp3) is 0.150. The molecule has 2 aliphatic carbocycles. The van der Waals surface area contributed by atoms with Crippen molar-refractivity contribution in [2.45, 2.75) is 38.5 Å². The molecule has 0 atom stereocenters. The Balaban J connectivity index is 1.43. The monoisotopic (exact) mass is 700 g/mol. The standard InChI is InChI=1S/2C15H11F2O2.2C5H5.Ti/c2*16-12-7-8-14(13(17)10-12)19-15(18)9-6-11-4-2-1-3-5-11;2*1-2-4-5-3-1;/h2*1-5,7-8H,6,9H2;2*1-3H,4H2;. The zero-order valence-electron chi connectivity index (χ0n) is 26.4. The molecule has 0 radical (unpaired) electrons. The Morgan fingerprint density at radius 2 is 0.980 bits per heavy atom. The summed E-state index contributed by atoms with van der Waals surface area (Å²) in [6, 6.07) is 22.3. The van der Waals surface area contributed by atoms with E-state index in [0.717, 1.165) is 35.4 Å². The number of hydrogen-bond acceptors (Lipinski definition) is 4. The molecule has 0 N–H and O–H groups in total. The number of benzene rings is 4. The second kappa shape index (κ2) is 15.2. The van der Waals surface area contributed by atoms with Gasteiger partial charge < -0.3 is 0 Å². The first-order valence-electron chi connectivity index (χ1n) is 16.0. The van der Waals surface area contributed by atoms with E-state index in [1.54, 1.807) is 36.5 Å². The Morgan fingerprint density at radius 3 is 1.35 bits per heavy atom. The molecule has 4 nitrogen and oxygen atoms in total. The summed E-state index contributed by atoms with van der Waals surface area (Å²) in [4.78, 5) is 25.8. The number of allylic oxidation sites excluding steroid dienone is 8. The molecule has 0 unspecified atom stereocenters. The molecular formula is C40H32F4O4Ti. The molecule has 6 rings (SSSR count). The van der Waals surface area contributed by atoms with Crippen molar-refractivity contribution >= 4 is 19.7 Å². The average Bonchev–Trinajstić information content (AvgIpc) is 3.86. The fourth-order valence-corrected chi connectivity index (χ4v) is 14.7. The Hall–Kier alpha value is -4.79. The van der Waals surface area contributed by atoms with E-state index in [4.69, 9.17) is 9.47 Å². The van der Waals surface area contributed by atoms with Gasteiger partial charge in [-0.2, -0.15) is 0 Å². The Labute approximate surface area is 285 Å². The SMILES string of the molecule is O=C(CCc1ccccc1)Oc1ccc(F)[c]([Ti]([C]2=CC=CC2)([C]2=CC=CC2)[c]2c(F)ccc(OC(=O)CCc3ccccc3)c2F)c1F. The van der Waals surface area contributed by atoms with Crippen LogP contribution in [0.5, 0.6) is 11.5 Å². The second-order valence-electron chi connectivity index (χ2n) is 11.8. The molecular weight excluding hydrogens is 668 g/mol. The van der Waals surface area contributed by atoms with Crippen molar-refractivity contribution in [1.82, 2.24) is 0 Å². The van der Waals surface area contributed by atoms with Crippen LogP contribution in [0.15, 0.2) is 129 Å². The van der Waals surface area contributed by atoms with Crippen LogP contribution >= 0.6 is 0 Å². The van der Waals surface area contributed by atoms with Crippen molar-refractivity contribution in [2.75, 3.05) is 0 Å². The van der Waals surface area contributed by atoms with Crippen LogP contribution in [0.4, 0.5) is 17.6 Å². The quantitative estimate of drug-likeness (QED) is 0.0649. The molecule has 0 spiro atoms. The fourth-order valence-electron chi connectivity index (χ4n) is 6.47. The van der Waals surface area contributed by atoms with E-state index in [0.29, 0.717) is 20.6 Å². The molecule has 0 saturated carbocycles. The number of esters is 2. The molecule has 0 bridgehead atoms. The summed E-state index contributed by atoms with van der Waals surface area (Å²) in [5.74, 6) is -7.00. The van der Waals surface area contributed by atoms with Crippen LogP contribution in [0, 0.1) is 23.3 Å². The molecule has 0 heterocycles. The summed E-state index contributed by atoms with van der Waals surface area (Å²) in [7, 11) is 0. The molecule has 9 heteroatoms. The van der Waals surface area contributed by atoms with Gasteiger partial charge in [0.15, 0.2) is 0 Å². The number of carbonyl (C=O) groups is 2. The molecule has 0 fully saturated rings. The third-order valence-corrected chi connectivity index (χ3v) is 16.7. The average molecular weight is 701 g/mol. The molecule has 0 aromatic heterocycles. The van der Waals surface area contributed by atoms with Gasteiger partial charge in [0.2, 0.25) is 0 Å². The van der Waals surface area contributed by atoms with Gasteiger partial charge in [0.1, 0.15) is 0 Å². The molecule has 49 heavy (non-hydrogen) atoms. The first kappa shape index (κ1) is 34.1. The van der Waals surface area contributed by atoms with E-state index in [2.05, 4.69) is 0 Å². The van der Waals surface area contributed by atoms with Crippen molar-refractivity contribution in [3.63, 3.8) is 0 Å². The Morgan fingerprint density at radius 1 is 0.571 bits per heavy atom. The van der Waals surface area contributed by atoms with Crippen molar-refractivity contribution in [1.29, 1.82) is 0 Å². The third-order valence-electron chi connectivity index (χ3n) is 8.74. The van der Waals surface area contributed by atoms with Gasteiger partial charge in [-0.1, -0.05) is 0 Å². The third kappa shape index (κ3) is 7.17. The second-order valence-corrected chi connectivity index (χ2v) is 17.7. The number of hydrogen-bond donors (Lipinski definition) is 0. The van der Waals surface area contributed by atoms with E-state index in [1.807, 2.05) is 60.7 Å². The normalized spacial score (nSPS) is 13.7. The maximum absolute atomic E-state index is 16.9. The van der Waals surface area contributed by atoms with Gasteiger partial charge in [0.05, 0.1) is 0 Å². The van der Waals surface area contributed by atoms with Crippen molar-refractivity contribution in [3.05, 3.63) is 164 Å². The maximum atomic E-state index is 16.9. The molecule has 0 aliphatic heterocycles. The zero-order chi connectivity index (χ0) is 34.4.